The van der Waals surface area contributed by atoms with Crippen molar-refractivity contribution in [3.63, 3.8) is 0 Å². The lowest BCUT2D eigenvalue weighted by atomic mass is 10.1. The molecule has 0 radical (unpaired) electrons. The summed E-state index contributed by atoms with van der Waals surface area (Å²) in [4.78, 5) is 11.1. The maximum atomic E-state index is 4.42. The number of hydrogen-bond donors (Lipinski definition) is 1. The zero-order valence-corrected chi connectivity index (χ0v) is 11.5. The molecule has 0 amide bonds. The Kier molecular flexibility index (Phi) is 4.93. The molecule has 4 heteroatoms. The van der Waals surface area contributed by atoms with Gasteiger partial charge in [-0.1, -0.05) is 13.3 Å². The average molecular weight is 248 g/mol. The highest BCUT2D eigenvalue weighted by Crippen LogP contribution is 2.19. The van der Waals surface area contributed by atoms with Crippen LogP contribution in [0.3, 0.4) is 0 Å². The van der Waals surface area contributed by atoms with Gasteiger partial charge in [0.1, 0.15) is 12.1 Å². The maximum Gasteiger partial charge on any atom is 0.132 e. The van der Waals surface area contributed by atoms with Gasteiger partial charge in [-0.2, -0.15) is 0 Å². The molecule has 4 nitrogen and oxygen atoms in total. The molecule has 0 saturated carbocycles. The number of aromatic nitrogens is 2. The predicted molar refractivity (Wildman–Crippen MR) is 74.9 cm³/mol. The Labute approximate surface area is 110 Å². The number of nitrogens with one attached hydrogen (secondary N) is 1. The summed E-state index contributed by atoms with van der Waals surface area (Å²) in [5.74, 6) is 1.07. The number of rotatable bonds is 4. The highest BCUT2D eigenvalue weighted by molar-refractivity contribution is 5.39. The van der Waals surface area contributed by atoms with E-state index in [0.717, 1.165) is 37.4 Å². The third-order valence-electron chi connectivity index (χ3n) is 3.67. The van der Waals surface area contributed by atoms with Crippen LogP contribution in [0.25, 0.3) is 0 Å². The molecule has 0 aliphatic carbocycles. The Morgan fingerprint density at radius 2 is 2.22 bits per heavy atom. The van der Waals surface area contributed by atoms with Crippen LogP contribution in [-0.4, -0.2) is 36.1 Å². The van der Waals surface area contributed by atoms with Gasteiger partial charge in [0.15, 0.2) is 0 Å². The van der Waals surface area contributed by atoms with E-state index in [1.165, 1.54) is 19.3 Å². The van der Waals surface area contributed by atoms with Crippen LogP contribution in [0.15, 0.2) is 12.4 Å². The minimum Gasteiger partial charge on any atom is -0.357 e. The van der Waals surface area contributed by atoms with E-state index in [-0.39, 0.29) is 0 Å². The molecule has 18 heavy (non-hydrogen) atoms. The van der Waals surface area contributed by atoms with Gasteiger partial charge in [-0.25, -0.2) is 9.97 Å². The van der Waals surface area contributed by atoms with E-state index in [1.807, 2.05) is 0 Å². The molecule has 2 heterocycles. The smallest absolute Gasteiger partial charge is 0.132 e. The normalized spacial score (nSPS) is 20.4. The minimum absolute atomic E-state index is 0.601. The van der Waals surface area contributed by atoms with E-state index in [4.69, 9.17) is 0 Å². The Morgan fingerprint density at radius 3 is 3.06 bits per heavy atom. The molecule has 0 bridgehead atoms. The Hall–Kier alpha value is -1.16. The summed E-state index contributed by atoms with van der Waals surface area (Å²) >= 11 is 0. The summed E-state index contributed by atoms with van der Waals surface area (Å²) in [5, 5.41) is 3.46. The molecule has 1 aliphatic rings. The Bertz CT molecular complexity index is 359. The van der Waals surface area contributed by atoms with Crippen LogP contribution >= 0.6 is 0 Å². The fourth-order valence-electron chi connectivity index (χ4n) is 2.55. The second kappa shape index (κ2) is 6.69. The van der Waals surface area contributed by atoms with Crippen molar-refractivity contribution in [1.29, 1.82) is 0 Å². The Morgan fingerprint density at radius 1 is 1.33 bits per heavy atom. The molecular formula is C14H24N4. The van der Waals surface area contributed by atoms with Crippen LogP contribution in [0.2, 0.25) is 0 Å². The fraction of sp³-hybridized carbons (Fsp3) is 0.714. The predicted octanol–water partition coefficient (Wildman–Crippen LogP) is 2.01. The SMILES string of the molecule is CCCc1cc(N(C)C2CCCNCC2)ncn1. The molecule has 1 aliphatic heterocycles. The number of aryl methyl sites for hydroxylation is 1. The van der Waals surface area contributed by atoms with Crippen molar-refractivity contribution in [2.75, 3.05) is 25.0 Å². The van der Waals surface area contributed by atoms with Gasteiger partial charge in [-0.3, -0.25) is 0 Å². The van der Waals surface area contributed by atoms with Gasteiger partial charge in [0.25, 0.3) is 0 Å². The first-order chi connectivity index (χ1) is 8.81. The van der Waals surface area contributed by atoms with E-state index < -0.39 is 0 Å². The van der Waals surface area contributed by atoms with Gasteiger partial charge in [-0.15, -0.1) is 0 Å². The average Bonchev–Trinajstić information content (AvgIpc) is 2.67. The summed E-state index contributed by atoms with van der Waals surface area (Å²) in [6, 6.07) is 2.74. The number of hydrogen-bond acceptors (Lipinski definition) is 4. The molecular weight excluding hydrogens is 224 g/mol. The second-order valence-electron chi connectivity index (χ2n) is 5.06. The van der Waals surface area contributed by atoms with Gasteiger partial charge in [0, 0.05) is 24.8 Å². The first-order valence-electron chi connectivity index (χ1n) is 7.05. The number of anilines is 1. The topological polar surface area (TPSA) is 41.0 Å². The van der Waals surface area contributed by atoms with Gasteiger partial charge >= 0.3 is 0 Å². The van der Waals surface area contributed by atoms with Gasteiger partial charge in [-0.05, 0) is 38.8 Å². The van der Waals surface area contributed by atoms with Crippen LogP contribution in [0.1, 0.15) is 38.3 Å². The quantitative estimate of drug-likeness (QED) is 0.885. The molecule has 1 atom stereocenters. The van der Waals surface area contributed by atoms with Crippen LogP contribution in [0.4, 0.5) is 5.82 Å². The largest absolute Gasteiger partial charge is 0.357 e. The van der Waals surface area contributed by atoms with E-state index in [0.29, 0.717) is 6.04 Å². The lowest BCUT2D eigenvalue weighted by Crippen LogP contribution is -2.33. The molecule has 1 aromatic heterocycles. The van der Waals surface area contributed by atoms with Gasteiger partial charge in [0.2, 0.25) is 0 Å². The summed E-state index contributed by atoms with van der Waals surface area (Å²) in [7, 11) is 2.16. The summed E-state index contributed by atoms with van der Waals surface area (Å²) in [6.45, 7) is 4.44. The van der Waals surface area contributed by atoms with Gasteiger partial charge in [0.05, 0.1) is 0 Å². The van der Waals surface area contributed by atoms with Crippen molar-refractivity contribution in [1.82, 2.24) is 15.3 Å². The molecule has 1 N–H and O–H groups in total. The van der Waals surface area contributed by atoms with E-state index in [1.54, 1.807) is 6.33 Å². The van der Waals surface area contributed by atoms with Gasteiger partial charge < -0.3 is 10.2 Å². The van der Waals surface area contributed by atoms with Crippen LogP contribution in [0.5, 0.6) is 0 Å². The van der Waals surface area contributed by atoms with Crippen molar-refractivity contribution in [2.24, 2.45) is 0 Å². The molecule has 1 aromatic rings. The summed E-state index contributed by atoms with van der Waals surface area (Å²) < 4.78 is 0. The number of nitrogens with zero attached hydrogens (tertiary/aromatic N) is 3. The molecule has 2 rings (SSSR count). The van der Waals surface area contributed by atoms with Crippen molar-refractivity contribution in [2.45, 2.75) is 45.1 Å². The summed E-state index contributed by atoms with van der Waals surface area (Å²) in [6.07, 6.45) is 7.57. The summed E-state index contributed by atoms with van der Waals surface area (Å²) in [5.41, 5.74) is 1.15. The molecule has 0 aromatic carbocycles. The molecule has 1 fully saturated rings. The maximum absolute atomic E-state index is 4.42. The zero-order chi connectivity index (χ0) is 12.8. The Balaban J connectivity index is 2.06. The lowest BCUT2D eigenvalue weighted by Gasteiger charge is -2.28. The highest BCUT2D eigenvalue weighted by atomic mass is 15.2. The highest BCUT2D eigenvalue weighted by Gasteiger charge is 2.18. The van der Waals surface area contributed by atoms with Crippen molar-refractivity contribution >= 4 is 5.82 Å². The van der Waals surface area contributed by atoms with Crippen LogP contribution in [0, 0.1) is 0 Å². The van der Waals surface area contributed by atoms with Crippen LogP contribution in [-0.2, 0) is 6.42 Å². The first-order valence-corrected chi connectivity index (χ1v) is 7.05. The molecule has 0 spiro atoms. The van der Waals surface area contributed by atoms with Crippen molar-refractivity contribution in [3.05, 3.63) is 18.1 Å². The second-order valence-corrected chi connectivity index (χ2v) is 5.06. The molecule has 100 valence electrons. The first kappa shape index (κ1) is 13.3. The van der Waals surface area contributed by atoms with E-state index in [9.17, 15) is 0 Å². The zero-order valence-electron chi connectivity index (χ0n) is 11.5. The third kappa shape index (κ3) is 3.42. The lowest BCUT2D eigenvalue weighted by molar-refractivity contribution is 0.562. The van der Waals surface area contributed by atoms with Crippen molar-refractivity contribution < 1.29 is 0 Å². The third-order valence-corrected chi connectivity index (χ3v) is 3.67. The molecule has 1 saturated heterocycles. The van der Waals surface area contributed by atoms with E-state index in [2.05, 4.69) is 40.2 Å². The van der Waals surface area contributed by atoms with Crippen molar-refractivity contribution in [3.8, 4) is 0 Å². The monoisotopic (exact) mass is 248 g/mol. The minimum atomic E-state index is 0.601. The fourth-order valence-corrected chi connectivity index (χ4v) is 2.55. The standard InChI is InChI=1S/C14H24N4/c1-3-5-12-10-14(17-11-16-12)18(2)13-6-4-8-15-9-7-13/h10-11,13,15H,3-9H2,1-2H3. The van der Waals surface area contributed by atoms with Crippen LogP contribution < -0.4 is 10.2 Å². The molecule has 1 unspecified atom stereocenters. The van der Waals surface area contributed by atoms with E-state index >= 15 is 0 Å².